The molecule has 1 unspecified atom stereocenters. The Labute approximate surface area is 113 Å². The second kappa shape index (κ2) is 4.58. The van der Waals surface area contributed by atoms with E-state index in [4.69, 9.17) is 0 Å². The van der Waals surface area contributed by atoms with E-state index < -0.39 is 6.04 Å². The molecule has 2 N–H and O–H groups in total. The Kier molecular flexibility index (Phi) is 2.90. The maximum Gasteiger partial charge on any atom is 0.249 e. The summed E-state index contributed by atoms with van der Waals surface area (Å²) in [4.78, 5) is 31.2. The first-order valence-corrected chi connectivity index (χ1v) is 6.82. The molecular formula is C12H12N4O2S. The van der Waals surface area contributed by atoms with E-state index in [0.717, 1.165) is 15.8 Å². The zero-order valence-corrected chi connectivity index (χ0v) is 11.1. The third-order valence-corrected chi connectivity index (χ3v) is 4.17. The molecule has 0 bridgehead atoms. The Morgan fingerprint density at radius 3 is 3.05 bits per heavy atom. The molecule has 0 aromatic carbocycles. The molecule has 1 aliphatic heterocycles. The average molecular weight is 276 g/mol. The van der Waals surface area contributed by atoms with E-state index in [1.54, 1.807) is 11.3 Å². The highest BCUT2D eigenvalue weighted by Crippen LogP contribution is 2.29. The Morgan fingerprint density at radius 2 is 2.26 bits per heavy atom. The van der Waals surface area contributed by atoms with Crippen LogP contribution in [0.25, 0.3) is 10.2 Å². The minimum atomic E-state index is -0.418. The lowest BCUT2D eigenvalue weighted by Gasteiger charge is -2.22. The number of hydrogen-bond acceptors (Lipinski definition) is 6. The van der Waals surface area contributed by atoms with Gasteiger partial charge in [-0.25, -0.2) is 9.97 Å². The maximum absolute atomic E-state index is 11.7. The number of thiophene rings is 1. The summed E-state index contributed by atoms with van der Waals surface area (Å²) in [5.74, 6) is 0.136. The molecule has 19 heavy (non-hydrogen) atoms. The summed E-state index contributed by atoms with van der Waals surface area (Å²) in [5.41, 5.74) is 1.99. The highest BCUT2D eigenvalue weighted by atomic mass is 32.1. The van der Waals surface area contributed by atoms with Gasteiger partial charge in [-0.15, -0.1) is 11.3 Å². The first-order valence-electron chi connectivity index (χ1n) is 5.94. The monoisotopic (exact) mass is 276 g/mol. The smallest absolute Gasteiger partial charge is 0.249 e. The fourth-order valence-electron chi connectivity index (χ4n) is 2.07. The molecule has 0 spiro atoms. The van der Waals surface area contributed by atoms with E-state index >= 15 is 0 Å². The summed E-state index contributed by atoms with van der Waals surface area (Å²) in [6, 6.07) is -0.418. The van der Waals surface area contributed by atoms with Gasteiger partial charge in [-0.1, -0.05) is 0 Å². The van der Waals surface area contributed by atoms with Crippen LogP contribution < -0.4 is 10.6 Å². The van der Waals surface area contributed by atoms with E-state index in [1.807, 2.05) is 12.3 Å². The van der Waals surface area contributed by atoms with Crippen LogP contribution in [0, 0.1) is 6.92 Å². The van der Waals surface area contributed by atoms with Gasteiger partial charge in [-0.05, 0) is 24.3 Å². The van der Waals surface area contributed by atoms with E-state index in [1.165, 1.54) is 6.33 Å². The number of carbonyl (C=O) groups excluding carboxylic acids is 2. The van der Waals surface area contributed by atoms with Crippen molar-refractivity contribution in [1.29, 1.82) is 0 Å². The van der Waals surface area contributed by atoms with Gasteiger partial charge >= 0.3 is 0 Å². The largest absolute Gasteiger partial charge is 0.357 e. The SMILES string of the molecule is Cc1csc2c(NC3CCC(=O)NC3=O)ncnc12. The van der Waals surface area contributed by atoms with E-state index in [-0.39, 0.29) is 11.8 Å². The van der Waals surface area contributed by atoms with Crippen LogP contribution in [0.4, 0.5) is 5.82 Å². The standard InChI is InChI=1S/C12H12N4O2S/c1-6-4-19-10-9(6)13-5-14-11(10)15-7-2-3-8(17)16-12(7)18/h4-5,7H,2-3H2,1H3,(H,13,14,15)(H,16,17,18). The van der Waals surface area contributed by atoms with Crippen molar-refractivity contribution in [2.75, 3.05) is 5.32 Å². The molecule has 3 heterocycles. The zero-order valence-electron chi connectivity index (χ0n) is 10.3. The van der Waals surface area contributed by atoms with Crippen LogP contribution in [0.5, 0.6) is 0 Å². The number of nitrogens with one attached hydrogen (secondary N) is 2. The van der Waals surface area contributed by atoms with Gasteiger partial charge in [0.05, 0.1) is 10.2 Å². The number of rotatable bonds is 2. The summed E-state index contributed by atoms with van der Waals surface area (Å²) in [5, 5.41) is 7.43. The number of hydrogen-bond donors (Lipinski definition) is 2. The predicted octanol–water partition coefficient (Wildman–Crippen LogP) is 1.22. The highest BCUT2D eigenvalue weighted by molar-refractivity contribution is 7.18. The van der Waals surface area contributed by atoms with Crippen molar-refractivity contribution in [3.8, 4) is 0 Å². The summed E-state index contributed by atoms with van der Waals surface area (Å²) in [6.45, 7) is 1.99. The number of aromatic nitrogens is 2. The molecule has 7 heteroatoms. The van der Waals surface area contributed by atoms with Crippen molar-refractivity contribution in [2.24, 2.45) is 0 Å². The summed E-state index contributed by atoms with van der Waals surface area (Å²) in [7, 11) is 0. The summed E-state index contributed by atoms with van der Waals surface area (Å²) >= 11 is 1.54. The van der Waals surface area contributed by atoms with Gasteiger partial charge in [0.25, 0.3) is 0 Å². The van der Waals surface area contributed by atoms with Crippen LogP contribution in [-0.4, -0.2) is 27.8 Å². The number of amides is 2. The topological polar surface area (TPSA) is 84.0 Å². The second-order valence-electron chi connectivity index (χ2n) is 4.47. The molecule has 3 rings (SSSR count). The highest BCUT2D eigenvalue weighted by Gasteiger charge is 2.27. The van der Waals surface area contributed by atoms with Crippen molar-refractivity contribution >= 4 is 39.2 Å². The Bertz CT molecular complexity index is 667. The molecule has 6 nitrogen and oxygen atoms in total. The third-order valence-electron chi connectivity index (χ3n) is 3.08. The number of anilines is 1. The minimum absolute atomic E-state index is 0.220. The molecule has 98 valence electrons. The minimum Gasteiger partial charge on any atom is -0.357 e. The molecule has 0 aliphatic carbocycles. The van der Waals surface area contributed by atoms with Gasteiger partial charge in [0.1, 0.15) is 18.2 Å². The molecule has 0 saturated carbocycles. The number of carbonyl (C=O) groups is 2. The van der Waals surface area contributed by atoms with Crippen molar-refractivity contribution in [3.05, 3.63) is 17.3 Å². The fraction of sp³-hybridized carbons (Fsp3) is 0.333. The van der Waals surface area contributed by atoms with Crippen molar-refractivity contribution in [2.45, 2.75) is 25.8 Å². The van der Waals surface area contributed by atoms with Gasteiger partial charge in [-0.2, -0.15) is 0 Å². The first kappa shape index (κ1) is 12.0. The summed E-state index contributed by atoms with van der Waals surface area (Å²) < 4.78 is 0.935. The fourth-order valence-corrected chi connectivity index (χ4v) is 3.02. The lowest BCUT2D eigenvalue weighted by atomic mass is 10.1. The van der Waals surface area contributed by atoms with Gasteiger partial charge in [0, 0.05) is 6.42 Å². The van der Waals surface area contributed by atoms with Crippen LogP contribution in [-0.2, 0) is 9.59 Å². The average Bonchev–Trinajstić information content (AvgIpc) is 2.76. The Morgan fingerprint density at radius 1 is 1.42 bits per heavy atom. The van der Waals surface area contributed by atoms with Gasteiger partial charge in [0.15, 0.2) is 0 Å². The van der Waals surface area contributed by atoms with Crippen LogP contribution in [0.15, 0.2) is 11.7 Å². The molecular weight excluding hydrogens is 264 g/mol. The molecule has 2 aromatic heterocycles. The molecule has 2 aromatic rings. The summed E-state index contributed by atoms with van der Waals surface area (Å²) in [6.07, 6.45) is 2.32. The van der Waals surface area contributed by atoms with E-state index in [9.17, 15) is 9.59 Å². The second-order valence-corrected chi connectivity index (χ2v) is 5.35. The normalized spacial score (nSPS) is 19.5. The van der Waals surface area contributed by atoms with Gasteiger partial charge in [0.2, 0.25) is 11.8 Å². The van der Waals surface area contributed by atoms with Crippen LogP contribution in [0.1, 0.15) is 18.4 Å². The van der Waals surface area contributed by atoms with Gasteiger partial charge in [-0.3, -0.25) is 14.9 Å². The zero-order chi connectivity index (χ0) is 13.4. The van der Waals surface area contributed by atoms with Crippen LogP contribution >= 0.6 is 11.3 Å². The molecule has 1 saturated heterocycles. The van der Waals surface area contributed by atoms with Crippen molar-refractivity contribution in [3.63, 3.8) is 0 Å². The number of imide groups is 1. The Balaban J connectivity index is 1.89. The molecule has 2 amide bonds. The molecule has 1 atom stereocenters. The van der Waals surface area contributed by atoms with Crippen LogP contribution in [0.2, 0.25) is 0 Å². The third kappa shape index (κ3) is 2.17. The number of fused-ring (bicyclic) bond motifs is 1. The Hall–Kier alpha value is -2.02. The molecule has 0 radical (unpaired) electrons. The van der Waals surface area contributed by atoms with Gasteiger partial charge < -0.3 is 5.32 Å². The lowest BCUT2D eigenvalue weighted by molar-refractivity contribution is -0.133. The molecule has 1 fully saturated rings. The van der Waals surface area contributed by atoms with Crippen LogP contribution in [0.3, 0.4) is 0 Å². The van der Waals surface area contributed by atoms with E-state index in [0.29, 0.717) is 18.7 Å². The van der Waals surface area contributed by atoms with E-state index in [2.05, 4.69) is 20.6 Å². The number of nitrogens with zero attached hydrogens (tertiary/aromatic N) is 2. The van der Waals surface area contributed by atoms with Crippen molar-refractivity contribution < 1.29 is 9.59 Å². The number of aryl methyl sites for hydroxylation is 1. The quantitative estimate of drug-likeness (QED) is 0.806. The first-order chi connectivity index (χ1) is 9.15. The van der Waals surface area contributed by atoms with Crippen molar-refractivity contribution in [1.82, 2.24) is 15.3 Å². The number of piperidine rings is 1. The lowest BCUT2D eigenvalue weighted by Crippen LogP contribution is -2.47. The maximum atomic E-state index is 11.7. The predicted molar refractivity (Wildman–Crippen MR) is 71.9 cm³/mol. The molecule has 1 aliphatic rings.